The second-order valence-corrected chi connectivity index (χ2v) is 11.5. The van der Waals surface area contributed by atoms with Crippen LogP contribution >= 0.6 is 35.6 Å². The minimum atomic E-state index is -0.490. The van der Waals surface area contributed by atoms with E-state index in [9.17, 15) is 4.79 Å². The van der Waals surface area contributed by atoms with Gasteiger partial charge in [-0.2, -0.15) is 0 Å². The summed E-state index contributed by atoms with van der Waals surface area (Å²) in [5, 5.41) is 2.79. The van der Waals surface area contributed by atoms with Gasteiger partial charge >= 0.3 is 6.09 Å². The molecule has 12 heteroatoms. The van der Waals surface area contributed by atoms with E-state index in [1.165, 1.54) is 11.1 Å². The number of alkyl carbamates (subject to hydrolysis) is 1. The summed E-state index contributed by atoms with van der Waals surface area (Å²) in [6, 6.07) is 5.92. The second-order valence-electron chi connectivity index (χ2n) is 10.7. The van der Waals surface area contributed by atoms with Gasteiger partial charge < -0.3 is 26.3 Å². The van der Waals surface area contributed by atoms with E-state index in [1.54, 1.807) is 37.2 Å². The Hall–Kier alpha value is -3.85. The number of aromatic nitrogens is 3. The van der Waals surface area contributed by atoms with Crippen LogP contribution in [0.1, 0.15) is 88.8 Å². The predicted octanol–water partition coefficient (Wildman–Crippen LogP) is 7.31. The number of ether oxygens (including phenoxy) is 2. The molecule has 0 spiro atoms. The fraction of sp³-hybridized carbons (Fsp3) is 0.450. The van der Waals surface area contributed by atoms with Crippen LogP contribution < -0.4 is 16.8 Å². The number of aryl methyl sites for hydroxylation is 3. The molecule has 3 aromatic rings. The maximum absolute atomic E-state index is 11.4. The molecule has 9 nitrogen and oxygen atoms in total. The highest BCUT2D eigenvalue weighted by Gasteiger charge is 2.15. The van der Waals surface area contributed by atoms with E-state index in [1.807, 2.05) is 52.8 Å². The highest BCUT2D eigenvalue weighted by molar-refractivity contribution is 6.40. The van der Waals surface area contributed by atoms with Gasteiger partial charge in [0.2, 0.25) is 0 Å². The minimum Gasteiger partial charge on any atom is -0.444 e. The van der Waals surface area contributed by atoms with E-state index in [0.29, 0.717) is 13.1 Å². The molecule has 0 unspecified atom stereocenters. The van der Waals surface area contributed by atoms with E-state index < -0.39 is 11.7 Å². The van der Waals surface area contributed by atoms with Crippen molar-refractivity contribution in [3.05, 3.63) is 88.8 Å². The molecule has 0 aromatic carbocycles. The van der Waals surface area contributed by atoms with E-state index in [2.05, 4.69) is 76.6 Å². The number of amides is 1. The smallest absolute Gasteiger partial charge is 0.408 e. The molecule has 0 aliphatic rings. The monoisotopic (exact) mass is 774 g/mol. The third-order valence-electron chi connectivity index (χ3n) is 5.88. The van der Waals surface area contributed by atoms with Gasteiger partial charge in [-0.15, -0.1) is 35.6 Å². The van der Waals surface area contributed by atoms with Crippen LogP contribution in [0, 0.1) is 35.5 Å². The number of nitrogens with one attached hydrogen (secondary N) is 1. The van der Waals surface area contributed by atoms with Gasteiger partial charge in [0.25, 0.3) is 0 Å². The lowest BCUT2D eigenvalue weighted by molar-refractivity contribution is 0.0535. The first kappa shape index (κ1) is 52.5. The quantitative estimate of drug-likeness (QED) is 0.175. The summed E-state index contributed by atoms with van der Waals surface area (Å²) in [6.07, 6.45) is 13.0. The number of rotatable bonds is 6. The summed E-state index contributed by atoms with van der Waals surface area (Å²) in [6.45, 7) is 18.5. The summed E-state index contributed by atoms with van der Waals surface area (Å²) in [4.78, 5) is 23.4. The molecule has 0 atom stereocenters. The number of alkyl halides is 2. The van der Waals surface area contributed by atoms with Crippen LogP contribution in [0.25, 0.3) is 0 Å². The van der Waals surface area contributed by atoms with Crippen LogP contribution in [0.15, 0.2) is 55.4 Å². The minimum absolute atomic E-state index is 0. The van der Waals surface area contributed by atoms with Crippen LogP contribution in [-0.4, -0.2) is 64.8 Å². The zero-order valence-electron chi connectivity index (χ0n) is 31.9. The van der Waals surface area contributed by atoms with Gasteiger partial charge in [0.1, 0.15) is 5.60 Å². The lowest BCUT2D eigenvalue weighted by atomic mass is 10.1. The Balaban J connectivity index is -0.000000638. The molecule has 1 amide bonds. The maximum atomic E-state index is 11.4. The fourth-order valence-electron chi connectivity index (χ4n) is 3.60. The molecule has 0 bridgehead atoms. The Kier molecular flexibility index (Phi) is 35.9. The van der Waals surface area contributed by atoms with Crippen molar-refractivity contribution in [3.63, 3.8) is 0 Å². The lowest BCUT2D eigenvalue weighted by Crippen LogP contribution is -2.32. The fourth-order valence-corrected chi connectivity index (χ4v) is 3.60. The van der Waals surface area contributed by atoms with Crippen molar-refractivity contribution >= 4 is 41.7 Å². The van der Waals surface area contributed by atoms with Crippen LogP contribution in [0.2, 0.25) is 0 Å². The van der Waals surface area contributed by atoms with E-state index >= 15 is 0 Å². The van der Waals surface area contributed by atoms with Gasteiger partial charge in [-0.1, -0.05) is 56.3 Å². The third-order valence-corrected chi connectivity index (χ3v) is 5.88. The Morgan fingerprint density at radius 1 is 0.712 bits per heavy atom. The van der Waals surface area contributed by atoms with Crippen molar-refractivity contribution in [2.24, 2.45) is 11.5 Å². The zero-order valence-corrected chi connectivity index (χ0v) is 34.3. The molecule has 0 aliphatic heterocycles. The second kappa shape index (κ2) is 35.5. The normalized spacial score (nSPS) is 9.00. The molecule has 5 N–H and O–H groups in total. The van der Waals surface area contributed by atoms with Crippen LogP contribution in [-0.2, 0) is 28.7 Å². The number of hydrogen-bond donors (Lipinski definition) is 3. The van der Waals surface area contributed by atoms with Gasteiger partial charge in [-0.25, -0.2) is 4.79 Å². The average Bonchev–Trinajstić information content (AvgIpc) is 3.12. The number of nitrogens with two attached hydrogens (primary N) is 2. The highest BCUT2D eigenvalue weighted by atomic mass is 35.5. The standard InChI is InChI=1S/C15H20N2O2.2C10H12N2.C4H10O.CH2Cl2.ClH/c1-5-12-8-10-16-11-13(12)7-6-9-17-14(18)19-15(2,3)4;2*1-2-9-5-7-12-8-10(9)4-3-6-11;1-3-5-4-2;2-1-3;/h8,10-11H,5,9H2,1-4H3,(H,17,18);2*5,7-8H,2,6,11H2,1H3;3-4H2,1-2H3;1H2;1H. The molecule has 286 valence electrons. The molecule has 0 saturated carbocycles. The number of nitrogens with zero attached hydrogens (tertiary/aromatic N) is 3. The van der Waals surface area contributed by atoms with Crippen molar-refractivity contribution in [2.75, 3.05) is 38.2 Å². The molecule has 0 aliphatic carbocycles. The Morgan fingerprint density at radius 2 is 1.06 bits per heavy atom. The van der Waals surface area contributed by atoms with Crippen molar-refractivity contribution in [1.29, 1.82) is 0 Å². The largest absolute Gasteiger partial charge is 0.444 e. The first-order valence-corrected chi connectivity index (χ1v) is 17.9. The predicted molar refractivity (Wildman–Crippen MR) is 220 cm³/mol. The first-order valence-electron chi connectivity index (χ1n) is 16.8. The Labute approximate surface area is 329 Å². The summed E-state index contributed by atoms with van der Waals surface area (Å²) >= 11 is 9.53. The highest BCUT2D eigenvalue weighted by Crippen LogP contribution is 2.08. The number of pyridine rings is 3. The van der Waals surface area contributed by atoms with Gasteiger partial charge in [-0.05, 0) is 88.8 Å². The molecule has 3 aromatic heterocycles. The van der Waals surface area contributed by atoms with Crippen molar-refractivity contribution in [2.45, 2.75) is 80.3 Å². The van der Waals surface area contributed by atoms with E-state index in [-0.39, 0.29) is 24.3 Å². The molecule has 3 rings (SSSR count). The number of halogens is 3. The lowest BCUT2D eigenvalue weighted by Gasteiger charge is -2.19. The third kappa shape index (κ3) is 28.8. The zero-order chi connectivity index (χ0) is 38.8. The SMILES string of the molecule is CCOCC.CCc1ccncc1C#CCN.CCc1ccncc1C#CCN.CCc1ccncc1C#CCNC(=O)OC(C)(C)C.Cl.ClCCl. The molecule has 0 radical (unpaired) electrons. The van der Waals surface area contributed by atoms with Crippen LogP contribution in [0.3, 0.4) is 0 Å². The van der Waals surface area contributed by atoms with Gasteiger partial charge in [0.15, 0.2) is 0 Å². The van der Waals surface area contributed by atoms with Gasteiger partial charge in [-0.3, -0.25) is 15.0 Å². The summed E-state index contributed by atoms with van der Waals surface area (Å²) in [5.41, 5.74) is 16.5. The molecule has 0 saturated heterocycles. The topological polar surface area (TPSA) is 138 Å². The molecule has 52 heavy (non-hydrogen) atoms. The molecule has 0 fully saturated rings. The Bertz CT molecular complexity index is 1480. The van der Waals surface area contributed by atoms with Gasteiger partial charge in [0, 0.05) is 67.1 Å². The van der Waals surface area contributed by atoms with E-state index in [0.717, 1.165) is 54.7 Å². The average molecular weight is 776 g/mol. The van der Waals surface area contributed by atoms with Crippen LogP contribution in [0.5, 0.6) is 0 Å². The van der Waals surface area contributed by atoms with Crippen molar-refractivity contribution < 1.29 is 14.3 Å². The van der Waals surface area contributed by atoms with Crippen LogP contribution in [0.4, 0.5) is 4.79 Å². The summed E-state index contributed by atoms with van der Waals surface area (Å²) in [5.74, 6) is 17.5. The number of carbonyl (C=O) groups excluding carboxylic acids is 1. The van der Waals surface area contributed by atoms with Gasteiger partial charge in [0.05, 0.1) is 25.0 Å². The summed E-state index contributed by atoms with van der Waals surface area (Å²) < 4.78 is 9.94. The summed E-state index contributed by atoms with van der Waals surface area (Å²) in [7, 11) is 0. The molecule has 3 heterocycles. The number of carbonyl (C=O) groups is 1. The number of hydrogen-bond acceptors (Lipinski definition) is 8. The van der Waals surface area contributed by atoms with Crippen molar-refractivity contribution in [1.82, 2.24) is 20.3 Å². The maximum Gasteiger partial charge on any atom is 0.408 e. The first-order chi connectivity index (χ1) is 24.5. The van der Waals surface area contributed by atoms with Crippen molar-refractivity contribution in [3.8, 4) is 35.5 Å². The van der Waals surface area contributed by atoms with E-state index in [4.69, 9.17) is 44.1 Å². The Morgan fingerprint density at radius 3 is 1.33 bits per heavy atom. The molecular formula is C40H57Cl3N6O3. The molecular weight excluding hydrogens is 719 g/mol.